The largest absolute Gasteiger partial charge is 0.379 e. The number of pyridine rings is 1. The Hall–Kier alpha value is -2.12. The van der Waals surface area contributed by atoms with Gasteiger partial charge in [-0.2, -0.15) is 0 Å². The minimum Gasteiger partial charge on any atom is -0.379 e. The number of anilines is 1. The first-order chi connectivity index (χ1) is 13.5. The molecule has 0 aliphatic carbocycles. The van der Waals surface area contributed by atoms with Crippen molar-refractivity contribution >= 4 is 40.4 Å². The lowest BCUT2D eigenvalue weighted by molar-refractivity contribution is -0.123. The first-order valence-corrected chi connectivity index (χ1v) is 9.80. The van der Waals surface area contributed by atoms with Gasteiger partial charge in [0.05, 0.1) is 24.6 Å². The molecule has 1 aliphatic rings. The van der Waals surface area contributed by atoms with Crippen LogP contribution < -0.4 is 5.32 Å². The van der Waals surface area contributed by atoms with Gasteiger partial charge in [-0.05, 0) is 36.8 Å². The molecule has 3 aromatic rings. The molecule has 0 bridgehead atoms. The standard InChI is InChI=1S/C20H20Cl2N4O2/c1-13-11-26-12-15(3-5-18(26)23-13)24-20(27)19(25-6-8-28-9-7-25)16-4-2-14(21)10-17(16)22/h2-5,10-12,19H,6-9H2,1H3,(H,24,27). The van der Waals surface area contributed by atoms with E-state index >= 15 is 0 Å². The van der Waals surface area contributed by atoms with Crippen LogP contribution in [0.5, 0.6) is 0 Å². The molecule has 0 saturated carbocycles. The molecule has 146 valence electrons. The van der Waals surface area contributed by atoms with Crippen molar-refractivity contribution in [2.45, 2.75) is 13.0 Å². The number of nitrogens with one attached hydrogen (secondary N) is 1. The number of carbonyl (C=O) groups is 1. The molecular formula is C20H20Cl2N4O2. The van der Waals surface area contributed by atoms with Crippen LogP contribution in [0, 0.1) is 6.92 Å². The van der Waals surface area contributed by atoms with Gasteiger partial charge in [0.1, 0.15) is 11.7 Å². The average Bonchev–Trinajstić information content (AvgIpc) is 3.04. The van der Waals surface area contributed by atoms with Gasteiger partial charge in [0, 0.05) is 35.5 Å². The van der Waals surface area contributed by atoms with E-state index in [0.29, 0.717) is 42.0 Å². The van der Waals surface area contributed by atoms with Crippen molar-refractivity contribution in [3.8, 4) is 0 Å². The third-order valence-corrected chi connectivity index (χ3v) is 5.32. The molecule has 1 atom stereocenters. The molecule has 1 saturated heterocycles. The number of morpholine rings is 1. The lowest BCUT2D eigenvalue weighted by Gasteiger charge is -2.34. The Morgan fingerprint density at radius 3 is 2.71 bits per heavy atom. The predicted molar refractivity (Wildman–Crippen MR) is 110 cm³/mol. The highest BCUT2D eigenvalue weighted by atomic mass is 35.5. The van der Waals surface area contributed by atoms with Crippen LogP contribution >= 0.6 is 23.2 Å². The maximum absolute atomic E-state index is 13.3. The highest BCUT2D eigenvalue weighted by Gasteiger charge is 2.31. The molecule has 1 fully saturated rings. The average molecular weight is 419 g/mol. The summed E-state index contributed by atoms with van der Waals surface area (Å²) in [5.74, 6) is -0.151. The zero-order valence-electron chi connectivity index (χ0n) is 15.4. The second kappa shape index (κ2) is 8.09. The monoisotopic (exact) mass is 418 g/mol. The number of imidazole rings is 1. The number of rotatable bonds is 4. The van der Waals surface area contributed by atoms with Crippen LogP contribution in [-0.4, -0.2) is 46.5 Å². The molecule has 6 nitrogen and oxygen atoms in total. The summed E-state index contributed by atoms with van der Waals surface area (Å²) >= 11 is 12.5. The van der Waals surface area contributed by atoms with E-state index in [9.17, 15) is 4.79 Å². The minimum atomic E-state index is -0.533. The van der Waals surface area contributed by atoms with Crippen LogP contribution in [0.1, 0.15) is 17.3 Å². The fourth-order valence-corrected chi connectivity index (χ4v) is 3.98. The van der Waals surface area contributed by atoms with Gasteiger partial charge in [0.2, 0.25) is 5.91 Å². The van der Waals surface area contributed by atoms with Crippen LogP contribution in [0.15, 0.2) is 42.7 Å². The van der Waals surface area contributed by atoms with Crippen LogP contribution in [-0.2, 0) is 9.53 Å². The number of aryl methyl sites for hydroxylation is 1. The Morgan fingerprint density at radius 1 is 1.18 bits per heavy atom. The molecule has 3 heterocycles. The summed E-state index contributed by atoms with van der Waals surface area (Å²) in [6, 6.07) is 8.42. The maximum Gasteiger partial charge on any atom is 0.246 e. The maximum atomic E-state index is 13.3. The van der Waals surface area contributed by atoms with Crippen molar-refractivity contribution in [2.75, 3.05) is 31.6 Å². The Kier molecular flexibility index (Phi) is 5.55. The fraction of sp³-hybridized carbons (Fsp3) is 0.300. The number of carbonyl (C=O) groups excluding carboxylic acids is 1. The van der Waals surface area contributed by atoms with Crippen LogP contribution in [0.4, 0.5) is 5.69 Å². The lowest BCUT2D eigenvalue weighted by Crippen LogP contribution is -2.44. The van der Waals surface area contributed by atoms with E-state index in [-0.39, 0.29) is 5.91 Å². The second-order valence-electron chi connectivity index (χ2n) is 6.77. The number of aromatic nitrogens is 2. The van der Waals surface area contributed by atoms with Crippen molar-refractivity contribution in [3.05, 3.63) is 64.0 Å². The van der Waals surface area contributed by atoms with E-state index in [0.717, 1.165) is 16.9 Å². The van der Waals surface area contributed by atoms with Gasteiger partial charge in [-0.1, -0.05) is 29.3 Å². The Labute approximate surface area is 173 Å². The summed E-state index contributed by atoms with van der Waals surface area (Å²) in [5.41, 5.74) is 3.17. The van der Waals surface area contributed by atoms with Gasteiger partial charge in [-0.25, -0.2) is 4.98 Å². The number of amides is 1. The van der Waals surface area contributed by atoms with Crippen LogP contribution in [0.2, 0.25) is 10.0 Å². The number of fused-ring (bicyclic) bond motifs is 1. The van der Waals surface area contributed by atoms with E-state index in [1.54, 1.807) is 12.1 Å². The summed E-state index contributed by atoms with van der Waals surface area (Å²) in [6.07, 6.45) is 3.77. The van der Waals surface area contributed by atoms with E-state index in [1.165, 1.54) is 0 Å². The molecule has 1 aromatic carbocycles. The van der Waals surface area contributed by atoms with Crippen molar-refractivity contribution < 1.29 is 9.53 Å². The van der Waals surface area contributed by atoms with E-state index in [2.05, 4.69) is 15.2 Å². The molecule has 1 N–H and O–H groups in total. The van der Waals surface area contributed by atoms with Crippen molar-refractivity contribution in [1.29, 1.82) is 0 Å². The van der Waals surface area contributed by atoms with Crippen molar-refractivity contribution in [3.63, 3.8) is 0 Å². The molecule has 4 rings (SSSR count). The van der Waals surface area contributed by atoms with Gasteiger partial charge in [0.15, 0.2) is 0 Å². The summed E-state index contributed by atoms with van der Waals surface area (Å²) in [6.45, 7) is 4.39. The van der Waals surface area contributed by atoms with E-state index < -0.39 is 6.04 Å². The zero-order valence-corrected chi connectivity index (χ0v) is 16.9. The van der Waals surface area contributed by atoms with Crippen molar-refractivity contribution in [2.24, 2.45) is 0 Å². The molecule has 0 radical (unpaired) electrons. The fourth-order valence-electron chi connectivity index (χ4n) is 3.47. The Morgan fingerprint density at radius 2 is 1.96 bits per heavy atom. The molecule has 0 spiro atoms. The topological polar surface area (TPSA) is 58.9 Å². The highest BCUT2D eigenvalue weighted by Crippen LogP contribution is 2.31. The summed E-state index contributed by atoms with van der Waals surface area (Å²) in [4.78, 5) is 19.8. The highest BCUT2D eigenvalue weighted by molar-refractivity contribution is 6.35. The van der Waals surface area contributed by atoms with E-state index in [4.69, 9.17) is 27.9 Å². The molecule has 1 aliphatic heterocycles. The van der Waals surface area contributed by atoms with Gasteiger partial charge in [0.25, 0.3) is 0 Å². The number of halogens is 2. The normalized spacial score (nSPS) is 16.2. The molecular weight excluding hydrogens is 399 g/mol. The first-order valence-electron chi connectivity index (χ1n) is 9.04. The zero-order chi connectivity index (χ0) is 19.7. The quantitative estimate of drug-likeness (QED) is 0.696. The molecule has 1 unspecified atom stereocenters. The van der Waals surface area contributed by atoms with Gasteiger partial charge in [-0.3, -0.25) is 9.69 Å². The minimum absolute atomic E-state index is 0.151. The Bertz CT molecular complexity index is 1010. The van der Waals surface area contributed by atoms with Gasteiger partial charge < -0.3 is 14.5 Å². The predicted octanol–water partition coefficient (Wildman–Crippen LogP) is 3.96. The number of ether oxygens (including phenoxy) is 1. The number of hydrogen-bond donors (Lipinski definition) is 1. The first kappa shape index (κ1) is 19.2. The number of hydrogen-bond acceptors (Lipinski definition) is 4. The van der Waals surface area contributed by atoms with Gasteiger partial charge >= 0.3 is 0 Å². The molecule has 1 amide bonds. The lowest BCUT2D eigenvalue weighted by atomic mass is 10.0. The molecule has 28 heavy (non-hydrogen) atoms. The molecule has 8 heteroatoms. The summed E-state index contributed by atoms with van der Waals surface area (Å²) < 4.78 is 7.34. The Balaban J connectivity index is 1.65. The van der Waals surface area contributed by atoms with Crippen LogP contribution in [0.25, 0.3) is 5.65 Å². The summed E-state index contributed by atoms with van der Waals surface area (Å²) in [5, 5.41) is 4.03. The van der Waals surface area contributed by atoms with Crippen LogP contribution in [0.3, 0.4) is 0 Å². The van der Waals surface area contributed by atoms with Gasteiger partial charge in [-0.15, -0.1) is 0 Å². The van der Waals surface area contributed by atoms with Crippen molar-refractivity contribution in [1.82, 2.24) is 14.3 Å². The molecule has 2 aromatic heterocycles. The SMILES string of the molecule is Cc1cn2cc(NC(=O)C(c3ccc(Cl)cc3Cl)N3CCOCC3)ccc2n1. The third-order valence-electron chi connectivity index (χ3n) is 4.76. The second-order valence-corrected chi connectivity index (χ2v) is 7.62. The van der Waals surface area contributed by atoms with E-state index in [1.807, 2.05) is 41.9 Å². The number of nitrogens with zero attached hydrogens (tertiary/aromatic N) is 3. The smallest absolute Gasteiger partial charge is 0.246 e. The number of benzene rings is 1. The summed E-state index contributed by atoms with van der Waals surface area (Å²) in [7, 11) is 0. The third kappa shape index (κ3) is 4.00.